The van der Waals surface area contributed by atoms with Crippen LogP contribution in [-0.2, 0) is 19.1 Å². The summed E-state index contributed by atoms with van der Waals surface area (Å²) in [5.74, 6) is -1.54. The quantitative estimate of drug-likeness (QED) is 0.641. The standard InChI is InChI=1S/C22H28FN3O5/c1-3-30-20(27)15-8-6-10-26(12-15)13-17-18(21(28)31-4-2)19(25-22(29)24-17)14-7-5-9-16(23)11-14/h5,7,9,11,15,19H,3-4,6,8,10,12-13H2,1-2H3,(H2,24,25,29). The van der Waals surface area contributed by atoms with Gasteiger partial charge in [0.25, 0.3) is 0 Å². The van der Waals surface area contributed by atoms with Crippen LogP contribution in [0.2, 0.25) is 0 Å². The minimum atomic E-state index is -0.843. The number of likely N-dealkylation sites (tertiary alicyclic amines) is 1. The maximum Gasteiger partial charge on any atom is 0.338 e. The second-order valence-corrected chi connectivity index (χ2v) is 7.53. The molecule has 2 aliphatic heterocycles. The van der Waals surface area contributed by atoms with Crippen LogP contribution in [0, 0.1) is 11.7 Å². The first-order chi connectivity index (χ1) is 14.9. The van der Waals surface area contributed by atoms with Gasteiger partial charge < -0.3 is 20.1 Å². The Morgan fingerprint density at radius 2 is 2.00 bits per heavy atom. The Kier molecular flexibility index (Phi) is 7.62. The number of piperidine rings is 1. The zero-order chi connectivity index (χ0) is 22.4. The summed E-state index contributed by atoms with van der Waals surface area (Å²) in [5, 5.41) is 5.41. The van der Waals surface area contributed by atoms with Gasteiger partial charge in [0.05, 0.1) is 30.7 Å². The van der Waals surface area contributed by atoms with Crippen molar-refractivity contribution in [3.63, 3.8) is 0 Å². The van der Waals surface area contributed by atoms with Gasteiger partial charge >= 0.3 is 18.0 Å². The topological polar surface area (TPSA) is 97.0 Å². The summed E-state index contributed by atoms with van der Waals surface area (Å²) < 4.78 is 24.2. The molecule has 8 nitrogen and oxygen atoms in total. The molecule has 2 N–H and O–H groups in total. The molecule has 1 aromatic rings. The maximum absolute atomic E-state index is 13.8. The van der Waals surface area contributed by atoms with E-state index in [1.807, 2.05) is 4.90 Å². The van der Waals surface area contributed by atoms with E-state index in [1.165, 1.54) is 18.2 Å². The van der Waals surface area contributed by atoms with Crippen LogP contribution in [0.1, 0.15) is 38.3 Å². The number of amides is 2. The second kappa shape index (κ2) is 10.4. The molecule has 1 saturated heterocycles. The van der Waals surface area contributed by atoms with Crippen molar-refractivity contribution in [2.24, 2.45) is 5.92 Å². The first kappa shape index (κ1) is 22.7. The number of rotatable bonds is 7. The van der Waals surface area contributed by atoms with E-state index in [-0.39, 0.29) is 30.6 Å². The average molecular weight is 433 g/mol. The highest BCUT2D eigenvalue weighted by atomic mass is 19.1. The molecule has 3 rings (SSSR count). The minimum Gasteiger partial charge on any atom is -0.466 e. The third kappa shape index (κ3) is 5.61. The van der Waals surface area contributed by atoms with Gasteiger partial charge in [-0.3, -0.25) is 9.69 Å². The van der Waals surface area contributed by atoms with E-state index in [1.54, 1.807) is 19.9 Å². The van der Waals surface area contributed by atoms with Crippen molar-refractivity contribution in [1.82, 2.24) is 15.5 Å². The molecule has 0 radical (unpaired) electrons. The molecule has 2 amide bonds. The molecule has 0 aliphatic carbocycles. The number of benzene rings is 1. The summed E-state index contributed by atoms with van der Waals surface area (Å²) in [4.78, 5) is 39.4. The fraction of sp³-hybridized carbons (Fsp3) is 0.500. The molecule has 2 aliphatic rings. The van der Waals surface area contributed by atoms with Crippen LogP contribution in [0.3, 0.4) is 0 Å². The highest BCUT2D eigenvalue weighted by molar-refractivity contribution is 5.95. The second-order valence-electron chi connectivity index (χ2n) is 7.53. The van der Waals surface area contributed by atoms with Gasteiger partial charge in [-0.15, -0.1) is 0 Å². The van der Waals surface area contributed by atoms with Gasteiger partial charge in [-0.2, -0.15) is 0 Å². The van der Waals surface area contributed by atoms with Crippen molar-refractivity contribution in [1.29, 1.82) is 0 Å². The van der Waals surface area contributed by atoms with E-state index < -0.39 is 23.9 Å². The smallest absolute Gasteiger partial charge is 0.338 e. The highest BCUT2D eigenvalue weighted by Gasteiger charge is 2.35. The summed E-state index contributed by atoms with van der Waals surface area (Å²) in [5.41, 5.74) is 1.06. The molecule has 1 fully saturated rings. The minimum absolute atomic E-state index is 0.161. The number of carbonyl (C=O) groups excluding carboxylic acids is 3. The van der Waals surface area contributed by atoms with Gasteiger partial charge in [0.15, 0.2) is 0 Å². The highest BCUT2D eigenvalue weighted by Crippen LogP contribution is 2.29. The summed E-state index contributed by atoms with van der Waals surface area (Å²) in [7, 11) is 0. The summed E-state index contributed by atoms with van der Waals surface area (Å²) >= 11 is 0. The Balaban J connectivity index is 1.91. The molecule has 0 bridgehead atoms. The fourth-order valence-electron chi connectivity index (χ4n) is 4.00. The predicted octanol–water partition coefficient (Wildman–Crippen LogP) is 2.27. The van der Waals surface area contributed by atoms with Crippen LogP contribution in [0.25, 0.3) is 0 Å². The molecule has 2 atom stereocenters. The van der Waals surface area contributed by atoms with Crippen molar-refractivity contribution >= 4 is 18.0 Å². The molecule has 0 aromatic heterocycles. The zero-order valence-corrected chi connectivity index (χ0v) is 17.8. The van der Waals surface area contributed by atoms with Crippen LogP contribution in [-0.4, -0.2) is 55.7 Å². The first-order valence-corrected chi connectivity index (χ1v) is 10.5. The summed E-state index contributed by atoms with van der Waals surface area (Å²) in [6, 6.07) is 4.42. The first-order valence-electron chi connectivity index (χ1n) is 10.5. The van der Waals surface area contributed by atoms with E-state index in [0.29, 0.717) is 31.0 Å². The van der Waals surface area contributed by atoms with Crippen molar-refractivity contribution < 1.29 is 28.2 Å². The molecule has 9 heteroatoms. The van der Waals surface area contributed by atoms with Gasteiger partial charge in [-0.05, 0) is 50.9 Å². The number of esters is 2. The van der Waals surface area contributed by atoms with Crippen LogP contribution in [0.15, 0.2) is 35.5 Å². The molecule has 0 saturated carbocycles. The van der Waals surface area contributed by atoms with Crippen molar-refractivity contribution in [2.45, 2.75) is 32.7 Å². The number of urea groups is 1. The summed E-state index contributed by atoms with van der Waals surface area (Å²) in [6.45, 7) is 5.38. The molecule has 0 spiro atoms. The van der Waals surface area contributed by atoms with Crippen LogP contribution >= 0.6 is 0 Å². The monoisotopic (exact) mass is 433 g/mol. The number of ether oxygens (including phenoxy) is 2. The molecule has 2 heterocycles. The van der Waals surface area contributed by atoms with Crippen molar-refractivity contribution in [2.75, 3.05) is 32.8 Å². The Morgan fingerprint density at radius 3 is 2.71 bits per heavy atom. The fourth-order valence-corrected chi connectivity index (χ4v) is 4.00. The molecule has 1 aromatic carbocycles. The van der Waals surface area contributed by atoms with Gasteiger partial charge in [-0.1, -0.05) is 12.1 Å². The number of halogens is 1. The third-order valence-electron chi connectivity index (χ3n) is 5.34. The van der Waals surface area contributed by atoms with E-state index in [0.717, 1.165) is 12.8 Å². The molecule has 31 heavy (non-hydrogen) atoms. The van der Waals surface area contributed by atoms with E-state index in [2.05, 4.69) is 10.6 Å². The Labute approximate surface area is 180 Å². The SMILES string of the molecule is CCOC(=O)C1=C(CN2CCCC(C(=O)OCC)C2)NC(=O)NC1c1cccc(F)c1. The zero-order valence-electron chi connectivity index (χ0n) is 17.8. The average Bonchev–Trinajstić information content (AvgIpc) is 2.74. The number of hydrogen-bond donors (Lipinski definition) is 2. The lowest BCUT2D eigenvalue weighted by atomic mass is 9.93. The molecule has 168 valence electrons. The number of nitrogens with one attached hydrogen (secondary N) is 2. The number of carbonyl (C=O) groups is 3. The lowest BCUT2D eigenvalue weighted by Gasteiger charge is -2.35. The van der Waals surface area contributed by atoms with E-state index in [4.69, 9.17) is 9.47 Å². The van der Waals surface area contributed by atoms with Crippen LogP contribution < -0.4 is 10.6 Å². The predicted molar refractivity (Wildman–Crippen MR) is 110 cm³/mol. The van der Waals surface area contributed by atoms with Gasteiger partial charge in [0.2, 0.25) is 0 Å². The molecular weight excluding hydrogens is 405 g/mol. The van der Waals surface area contributed by atoms with Gasteiger partial charge in [-0.25, -0.2) is 14.0 Å². The third-order valence-corrected chi connectivity index (χ3v) is 5.34. The van der Waals surface area contributed by atoms with Gasteiger partial charge in [0.1, 0.15) is 5.82 Å². The normalized spacial score (nSPS) is 21.8. The van der Waals surface area contributed by atoms with Crippen molar-refractivity contribution in [3.8, 4) is 0 Å². The Morgan fingerprint density at radius 1 is 1.23 bits per heavy atom. The van der Waals surface area contributed by atoms with E-state index >= 15 is 0 Å². The van der Waals surface area contributed by atoms with Crippen molar-refractivity contribution in [3.05, 3.63) is 46.9 Å². The molecule has 2 unspecified atom stereocenters. The van der Waals surface area contributed by atoms with Gasteiger partial charge in [0, 0.05) is 18.8 Å². The maximum atomic E-state index is 13.8. The Bertz CT molecular complexity index is 872. The van der Waals surface area contributed by atoms with Crippen LogP contribution in [0.5, 0.6) is 0 Å². The number of hydrogen-bond acceptors (Lipinski definition) is 6. The lowest BCUT2D eigenvalue weighted by molar-refractivity contribution is -0.150. The summed E-state index contributed by atoms with van der Waals surface area (Å²) in [6.07, 6.45) is 1.53. The lowest BCUT2D eigenvalue weighted by Crippen LogP contribution is -2.50. The number of nitrogens with zero attached hydrogens (tertiary/aromatic N) is 1. The molecular formula is C22H28FN3O5. The van der Waals surface area contributed by atoms with E-state index in [9.17, 15) is 18.8 Å². The Hall–Kier alpha value is -2.94. The van der Waals surface area contributed by atoms with Crippen LogP contribution in [0.4, 0.5) is 9.18 Å². The largest absolute Gasteiger partial charge is 0.466 e.